The van der Waals surface area contributed by atoms with Crippen LogP contribution in [0, 0.1) is 6.92 Å². The number of ketones is 1. The summed E-state index contributed by atoms with van der Waals surface area (Å²) in [6.45, 7) is 3.06. The Bertz CT molecular complexity index is 1060. The first kappa shape index (κ1) is 16.5. The first-order chi connectivity index (χ1) is 12.5. The summed E-state index contributed by atoms with van der Waals surface area (Å²) in [5.74, 6) is -0.321. The average molecular weight is 370 g/mol. The number of anilines is 2. The third kappa shape index (κ3) is 2.59. The highest BCUT2D eigenvalue weighted by atomic mass is 35.5. The fourth-order valence-corrected chi connectivity index (χ4v) is 3.41. The summed E-state index contributed by atoms with van der Waals surface area (Å²) in [6, 6.07) is 10.3. The molecule has 7 heteroatoms. The molecule has 4 rings (SSSR count). The van der Waals surface area contributed by atoms with Crippen molar-refractivity contribution in [1.29, 1.82) is 0 Å². The fourth-order valence-electron chi connectivity index (χ4n) is 3.09. The van der Waals surface area contributed by atoms with Gasteiger partial charge in [-0.25, -0.2) is 4.79 Å². The Hall–Kier alpha value is -2.99. The van der Waals surface area contributed by atoms with Crippen molar-refractivity contribution in [3.05, 3.63) is 58.3 Å². The van der Waals surface area contributed by atoms with Crippen LogP contribution in [0.4, 0.5) is 16.2 Å². The van der Waals surface area contributed by atoms with Gasteiger partial charge in [0.25, 0.3) is 0 Å². The van der Waals surface area contributed by atoms with Crippen LogP contribution >= 0.6 is 11.6 Å². The van der Waals surface area contributed by atoms with Crippen molar-refractivity contribution in [3.63, 3.8) is 0 Å². The number of carbonyl (C=O) groups is 2. The molecule has 2 aromatic carbocycles. The van der Waals surface area contributed by atoms with E-state index in [-0.39, 0.29) is 23.3 Å². The zero-order valence-corrected chi connectivity index (χ0v) is 14.8. The van der Waals surface area contributed by atoms with Crippen molar-refractivity contribution >= 4 is 45.8 Å². The molecule has 0 aliphatic carbocycles. The van der Waals surface area contributed by atoms with E-state index in [0.29, 0.717) is 40.3 Å². The molecule has 0 unspecified atom stereocenters. The number of nitrogens with two attached hydrogens (primary N) is 1. The van der Waals surface area contributed by atoms with Gasteiger partial charge in [-0.15, -0.1) is 0 Å². The van der Waals surface area contributed by atoms with Gasteiger partial charge >= 0.3 is 6.03 Å². The molecule has 0 atom stereocenters. The quantitative estimate of drug-likeness (QED) is 0.688. The number of carbonyl (C=O) groups excluding carboxylic acids is 2. The molecule has 2 amide bonds. The number of nitrogens with one attached hydrogen (secondary N) is 1. The van der Waals surface area contributed by atoms with Crippen molar-refractivity contribution in [2.75, 3.05) is 23.7 Å². The molecule has 132 valence electrons. The lowest BCUT2D eigenvalue weighted by Gasteiger charge is -2.13. The number of furan rings is 1. The molecule has 0 radical (unpaired) electrons. The summed E-state index contributed by atoms with van der Waals surface area (Å²) >= 11 is 6.20. The summed E-state index contributed by atoms with van der Waals surface area (Å²) in [5.41, 5.74) is 8.83. The van der Waals surface area contributed by atoms with Crippen LogP contribution in [0.5, 0.6) is 0 Å². The zero-order valence-electron chi connectivity index (χ0n) is 14.0. The van der Waals surface area contributed by atoms with Crippen LogP contribution in [0.25, 0.3) is 11.0 Å². The number of aryl methyl sites for hydroxylation is 1. The molecule has 1 saturated heterocycles. The second-order valence-electron chi connectivity index (χ2n) is 6.22. The number of benzene rings is 2. The lowest BCUT2D eigenvalue weighted by molar-refractivity contribution is 0.101. The Morgan fingerprint density at radius 2 is 2.08 bits per heavy atom. The van der Waals surface area contributed by atoms with Gasteiger partial charge in [0.15, 0.2) is 5.76 Å². The number of rotatable bonds is 3. The Morgan fingerprint density at radius 3 is 2.77 bits per heavy atom. The van der Waals surface area contributed by atoms with Crippen LogP contribution in [0.15, 0.2) is 40.8 Å². The second kappa shape index (κ2) is 6.07. The highest BCUT2D eigenvalue weighted by molar-refractivity contribution is 6.35. The minimum Gasteiger partial charge on any atom is -0.450 e. The van der Waals surface area contributed by atoms with Crippen molar-refractivity contribution in [3.8, 4) is 0 Å². The minimum atomic E-state index is -0.371. The third-order valence-corrected chi connectivity index (χ3v) is 4.77. The van der Waals surface area contributed by atoms with Gasteiger partial charge in [-0.1, -0.05) is 17.7 Å². The molecule has 26 heavy (non-hydrogen) atoms. The Labute approximate surface area is 154 Å². The molecule has 0 spiro atoms. The number of nitrogens with zero attached hydrogens (tertiary/aromatic N) is 1. The molecular weight excluding hydrogens is 354 g/mol. The minimum absolute atomic E-state index is 0.0498. The Balaban J connectivity index is 1.77. The number of halogens is 1. The number of urea groups is 1. The van der Waals surface area contributed by atoms with Gasteiger partial charge in [0.1, 0.15) is 5.58 Å². The van der Waals surface area contributed by atoms with E-state index in [0.717, 1.165) is 5.56 Å². The van der Waals surface area contributed by atoms with Gasteiger partial charge in [-0.05, 0) is 36.8 Å². The van der Waals surface area contributed by atoms with Crippen molar-refractivity contribution in [2.45, 2.75) is 6.92 Å². The lowest BCUT2D eigenvalue weighted by Crippen LogP contribution is -2.27. The first-order valence-electron chi connectivity index (χ1n) is 8.14. The SMILES string of the molecule is Cc1ccc(C(=O)c2oc3cc(N4CCNC4=O)ccc3c2N)c(Cl)c1. The van der Waals surface area contributed by atoms with Gasteiger partial charge < -0.3 is 15.5 Å². The monoisotopic (exact) mass is 369 g/mol. The molecular formula is C19H16ClN3O3. The molecule has 3 aromatic rings. The van der Waals surface area contributed by atoms with Crippen LogP contribution in [0.1, 0.15) is 21.7 Å². The van der Waals surface area contributed by atoms with Crippen molar-refractivity contribution in [1.82, 2.24) is 5.32 Å². The van der Waals surface area contributed by atoms with Crippen LogP contribution in [-0.4, -0.2) is 24.9 Å². The third-order valence-electron chi connectivity index (χ3n) is 4.46. The molecule has 1 aliphatic heterocycles. The maximum absolute atomic E-state index is 12.8. The van der Waals surface area contributed by atoms with Gasteiger partial charge in [0.05, 0.1) is 10.7 Å². The number of hydrogen-bond acceptors (Lipinski definition) is 4. The van der Waals surface area contributed by atoms with Gasteiger partial charge in [0.2, 0.25) is 5.78 Å². The van der Waals surface area contributed by atoms with Crippen LogP contribution in [-0.2, 0) is 0 Å². The van der Waals surface area contributed by atoms with E-state index in [4.69, 9.17) is 21.8 Å². The van der Waals surface area contributed by atoms with E-state index in [1.54, 1.807) is 35.2 Å². The maximum atomic E-state index is 12.8. The van der Waals surface area contributed by atoms with Crippen molar-refractivity contribution in [2.24, 2.45) is 0 Å². The zero-order chi connectivity index (χ0) is 18.4. The standard InChI is InChI=1S/C19H16ClN3O3/c1-10-2-4-12(14(20)8-10)17(24)18-16(21)13-5-3-11(9-15(13)26-18)23-7-6-22-19(23)25/h2-5,8-9H,6-7,21H2,1H3,(H,22,25). The molecule has 3 N–H and O–H groups in total. The molecule has 1 fully saturated rings. The first-order valence-corrected chi connectivity index (χ1v) is 8.52. The summed E-state index contributed by atoms with van der Waals surface area (Å²) in [4.78, 5) is 26.3. The number of nitrogen functional groups attached to an aromatic ring is 1. The summed E-state index contributed by atoms with van der Waals surface area (Å²) < 4.78 is 5.74. The van der Waals surface area contributed by atoms with E-state index in [9.17, 15) is 9.59 Å². The largest absolute Gasteiger partial charge is 0.450 e. The predicted molar refractivity (Wildman–Crippen MR) is 101 cm³/mol. The highest BCUT2D eigenvalue weighted by Gasteiger charge is 2.25. The van der Waals surface area contributed by atoms with Gasteiger partial charge in [0, 0.05) is 35.8 Å². The van der Waals surface area contributed by atoms with E-state index < -0.39 is 0 Å². The topological polar surface area (TPSA) is 88.6 Å². The Kier molecular flexibility index (Phi) is 3.85. The van der Waals surface area contributed by atoms with Crippen LogP contribution < -0.4 is 16.0 Å². The highest BCUT2D eigenvalue weighted by Crippen LogP contribution is 2.34. The molecule has 0 saturated carbocycles. The molecule has 2 heterocycles. The molecule has 1 aliphatic rings. The number of fused-ring (bicyclic) bond motifs is 1. The predicted octanol–water partition coefficient (Wildman–Crippen LogP) is 3.74. The Morgan fingerprint density at radius 1 is 1.27 bits per heavy atom. The van der Waals surface area contributed by atoms with E-state index >= 15 is 0 Å². The molecule has 1 aromatic heterocycles. The molecule has 6 nitrogen and oxygen atoms in total. The van der Waals surface area contributed by atoms with Crippen LogP contribution in [0.3, 0.4) is 0 Å². The summed E-state index contributed by atoms with van der Waals surface area (Å²) in [6.07, 6.45) is 0. The summed E-state index contributed by atoms with van der Waals surface area (Å²) in [5, 5.41) is 3.72. The number of amides is 2. The second-order valence-corrected chi connectivity index (χ2v) is 6.63. The summed E-state index contributed by atoms with van der Waals surface area (Å²) in [7, 11) is 0. The smallest absolute Gasteiger partial charge is 0.321 e. The average Bonchev–Trinajstić information content (AvgIpc) is 3.17. The van der Waals surface area contributed by atoms with E-state index in [1.807, 2.05) is 13.0 Å². The van der Waals surface area contributed by atoms with Crippen LogP contribution in [0.2, 0.25) is 5.02 Å². The normalized spacial score (nSPS) is 14.1. The van der Waals surface area contributed by atoms with E-state index in [2.05, 4.69) is 5.32 Å². The molecule has 0 bridgehead atoms. The fraction of sp³-hybridized carbons (Fsp3) is 0.158. The van der Waals surface area contributed by atoms with Gasteiger partial charge in [-0.2, -0.15) is 0 Å². The van der Waals surface area contributed by atoms with Crippen molar-refractivity contribution < 1.29 is 14.0 Å². The maximum Gasteiger partial charge on any atom is 0.321 e. The number of hydrogen-bond donors (Lipinski definition) is 2. The van der Waals surface area contributed by atoms with E-state index in [1.165, 1.54) is 0 Å². The lowest BCUT2D eigenvalue weighted by atomic mass is 10.1. The van der Waals surface area contributed by atoms with Gasteiger partial charge in [-0.3, -0.25) is 9.69 Å².